The molecule has 0 saturated carbocycles. The van der Waals surface area contributed by atoms with E-state index in [4.69, 9.17) is 9.15 Å². The van der Waals surface area contributed by atoms with Gasteiger partial charge in [-0.3, -0.25) is 0 Å². The second-order valence-electron chi connectivity index (χ2n) is 5.28. The topological polar surface area (TPSA) is 51.5 Å². The lowest BCUT2D eigenvalue weighted by atomic mass is 10.2. The summed E-state index contributed by atoms with van der Waals surface area (Å²) in [7, 11) is 0. The van der Waals surface area contributed by atoms with Crippen LogP contribution >= 0.6 is 0 Å². The fourth-order valence-corrected chi connectivity index (χ4v) is 2.36. The van der Waals surface area contributed by atoms with Crippen LogP contribution < -0.4 is 5.32 Å². The minimum Gasteiger partial charge on any atom is -0.462 e. The number of benzene rings is 2. The molecular formula is C20H19NO3. The molecule has 3 aromatic rings. The third-order valence-electron chi connectivity index (χ3n) is 3.58. The maximum Gasteiger partial charge on any atom is 0.338 e. The van der Waals surface area contributed by atoms with Gasteiger partial charge in [-0.15, -0.1) is 0 Å². The zero-order valence-corrected chi connectivity index (χ0v) is 13.5. The van der Waals surface area contributed by atoms with Crippen molar-refractivity contribution in [1.29, 1.82) is 0 Å². The van der Waals surface area contributed by atoms with Crippen LogP contribution in [0.25, 0.3) is 11.3 Å². The Hall–Kier alpha value is -3.01. The lowest BCUT2D eigenvalue weighted by Crippen LogP contribution is -2.05. The number of hydrogen-bond donors (Lipinski definition) is 1. The molecule has 0 aliphatic carbocycles. The first-order valence-electron chi connectivity index (χ1n) is 7.91. The van der Waals surface area contributed by atoms with Gasteiger partial charge in [-0.1, -0.05) is 30.3 Å². The Balaban J connectivity index is 1.60. The molecule has 1 N–H and O–H groups in total. The number of hydrogen-bond acceptors (Lipinski definition) is 4. The molecule has 0 atom stereocenters. The van der Waals surface area contributed by atoms with E-state index in [9.17, 15) is 4.79 Å². The zero-order chi connectivity index (χ0) is 16.8. The molecule has 0 saturated heterocycles. The van der Waals surface area contributed by atoms with Crippen molar-refractivity contribution in [2.75, 3.05) is 11.9 Å². The minimum atomic E-state index is -0.303. The monoisotopic (exact) mass is 321 g/mol. The Labute approximate surface area is 141 Å². The Bertz CT molecular complexity index is 791. The third kappa shape index (κ3) is 3.84. The molecule has 0 aliphatic rings. The van der Waals surface area contributed by atoms with Crippen LogP contribution in [0.3, 0.4) is 0 Å². The van der Waals surface area contributed by atoms with Crippen LogP contribution in [-0.2, 0) is 11.3 Å². The third-order valence-corrected chi connectivity index (χ3v) is 3.58. The first-order chi connectivity index (χ1) is 11.8. The van der Waals surface area contributed by atoms with Crippen molar-refractivity contribution >= 4 is 11.7 Å². The van der Waals surface area contributed by atoms with Gasteiger partial charge in [0.05, 0.1) is 18.7 Å². The van der Waals surface area contributed by atoms with Gasteiger partial charge in [0.2, 0.25) is 0 Å². The fraction of sp³-hybridized carbons (Fsp3) is 0.150. The Morgan fingerprint density at radius 1 is 1.00 bits per heavy atom. The van der Waals surface area contributed by atoms with Crippen LogP contribution in [0.2, 0.25) is 0 Å². The molecule has 0 fully saturated rings. The number of ether oxygens (including phenoxy) is 1. The van der Waals surface area contributed by atoms with E-state index >= 15 is 0 Å². The molecule has 4 heteroatoms. The quantitative estimate of drug-likeness (QED) is 0.667. The van der Waals surface area contributed by atoms with Gasteiger partial charge in [-0.25, -0.2) is 4.79 Å². The van der Waals surface area contributed by atoms with Gasteiger partial charge in [0.25, 0.3) is 0 Å². The summed E-state index contributed by atoms with van der Waals surface area (Å²) >= 11 is 0. The van der Waals surface area contributed by atoms with E-state index in [1.54, 1.807) is 19.1 Å². The number of carbonyl (C=O) groups excluding carboxylic acids is 1. The maximum atomic E-state index is 11.6. The molecule has 3 rings (SSSR count). The van der Waals surface area contributed by atoms with Crippen molar-refractivity contribution < 1.29 is 13.9 Å². The van der Waals surface area contributed by atoms with Gasteiger partial charge >= 0.3 is 5.97 Å². The molecule has 0 unspecified atom stereocenters. The van der Waals surface area contributed by atoms with Crippen molar-refractivity contribution in [3.8, 4) is 11.3 Å². The van der Waals surface area contributed by atoms with E-state index < -0.39 is 0 Å². The Morgan fingerprint density at radius 3 is 2.46 bits per heavy atom. The summed E-state index contributed by atoms with van der Waals surface area (Å²) in [6.07, 6.45) is 0. The van der Waals surface area contributed by atoms with Gasteiger partial charge in [0.15, 0.2) is 0 Å². The van der Waals surface area contributed by atoms with E-state index in [-0.39, 0.29) is 5.97 Å². The summed E-state index contributed by atoms with van der Waals surface area (Å²) in [6.45, 7) is 2.74. The molecule has 2 aromatic carbocycles. The number of furan rings is 1. The molecular weight excluding hydrogens is 302 g/mol. The molecule has 24 heavy (non-hydrogen) atoms. The van der Waals surface area contributed by atoms with E-state index in [1.165, 1.54) is 0 Å². The van der Waals surface area contributed by atoms with Crippen molar-refractivity contribution in [1.82, 2.24) is 0 Å². The highest BCUT2D eigenvalue weighted by Gasteiger charge is 2.07. The van der Waals surface area contributed by atoms with Gasteiger partial charge in [0.1, 0.15) is 11.5 Å². The lowest BCUT2D eigenvalue weighted by Gasteiger charge is -2.06. The standard InChI is InChI=1S/C20H19NO3/c1-2-23-20(22)16-8-10-17(11-9-16)21-14-18-12-13-19(24-18)15-6-4-3-5-7-15/h3-13,21H,2,14H2,1H3. The lowest BCUT2D eigenvalue weighted by molar-refractivity contribution is 0.0526. The van der Waals surface area contributed by atoms with E-state index in [2.05, 4.69) is 5.32 Å². The van der Waals surface area contributed by atoms with Crippen molar-refractivity contribution in [2.24, 2.45) is 0 Å². The summed E-state index contributed by atoms with van der Waals surface area (Å²) in [5.41, 5.74) is 2.52. The molecule has 0 bridgehead atoms. The highest BCUT2D eigenvalue weighted by Crippen LogP contribution is 2.22. The van der Waals surface area contributed by atoms with E-state index in [1.807, 2.05) is 54.6 Å². The fourth-order valence-electron chi connectivity index (χ4n) is 2.36. The summed E-state index contributed by atoms with van der Waals surface area (Å²) in [4.78, 5) is 11.6. The molecule has 4 nitrogen and oxygen atoms in total. The maximum absolute atomic E-state index is 11.6. The number of esters is 1. The molecule has 0 spiro atoms. The smallest absolute Gasteiger partial charge is 0.338 e. The first-order valence-corrected chi connectivity index (χ1v) is 7.91. The van der Waals surface area contributed by atoms with E-state index in [0.717, 1.165) is 22.8 Å². The highest BCUT2D eigenvalue weighted by atomic mass is 16.5. The number of nitrogens with one attached hydrogen (secondary N) is 1. The molecule has 122 valence electrons. The molecule has 1 aromatic heterocycles. The van der Waals surface area contributed by atoms with Crippen LogP contribution in [0, 0.1) is 0 Å². The average Bonchev–Trinajstić information content (AvgIpc) is 3.10. The summed E-state index contributed by atoms with van der Waals surface area (Å²) in [6, 6.07) is 21.1. The second kappa shape index (κ2) is 7.51. The van der Waals surface area contributed by atoms with Crippen molar-refractivity contribution in [3.63, 3.8) is 0 Å². The highest BCUT2D eigenvalue weighted by molar-refractivity contribution is 5.89. The van der Waals surface area contributed by atoms with Gasteiger partial charge in [-0.05, 0) is 43.3 Å². The zero-order valence-electron chi connectivity index (χ0n) is 13.5. The normalized spacial score (nSPS) is 10.4. The second-order valence-corrected chi connectivity index (χ2v) is 5.28. The van der Waals surface area contributed by atoms with Crippen LogP contribution in [0.1, 0.15) is 23.0 Å². The molecule has 0 radical (unpaired) electrons. The number of rotatable bonds is 6. The van der Waals surface area contributed by atoms with Crippen LogP contribution in [-0.4, -0.2) is 12.6 Å². The van der Waals surface area contributed by atoms with E-state index in [0.29, 0.717) is 18.7 Å². The van der Waals surface area contributed by atoms with Gasteiger partial charge in [-0.2, -0.15) is 0 Å². The number of carbonyl (C=O) groups is 1. The molecule has 0 amide bonds. The van der Waals surface area contributed by atoms with Crippen molar-refractivity contribution in [3.05, 3.63) is 78.1 Å². The molecule has 1 heterocycles. The first kappa shape index (κ1) is 15.9. The van der Waals surface area contributed by atoms with Crippen LogP contribution in [0.15, 0.2) is 71.1 Å². The van der Waals surface area contributed by atoms with Gasteiger partial charge < -0.3 is 14.5 Å². The predicted molar refractivity (Wildman–Crippen MR) is 93.9 cm³/mol. The van der Waals surface area contributed by atoms with Crippen LogP contribution in [0.4, 0.5) is 5.69 Å². The Kier molecular flexibility index (Phi) is 4.96. The largest absolute Gasteiger partial charge is 0.462 e. The summed E-state index contributed by atoms with van der Waals surface area (Å²) < 4.78 is 10.8. The minimum absolute atomic E-state index is 0.303. The molecule has 0 aliphatic heterocycles. The number of anilines is 1. The van der Waals surface area contributed by atoms with Gasteiger partial charge in [0, 0.05) is 11.3 Å². The average molecular weight is 321 g/mol. The predicted octanol–water partition coefficient (Wildman–Crippen LogP) is 4.74. The summed E-state index contributed by atoms with van der Waals surface area (Å²) in [5.74, 6) is 1.40. The van der Waals surface area contributed by atoms with Crippen LogP contribution in [0.5, 0.6) is 0 Å². The van der Waals surface area contributed by atoms with Crippen molar-refractivity contribution in [2.45, 2.75) is 13.5 Å². The Morgan fingerprint density at radius 2 is 1.75 bits per heavy atom. The SMILES string of the molecule is CCOC(=O)c1ccc(NCc2ccc(-c3ccccc3)o2)cc1. The summed E-state index contributed by atoms with van der Waals surface area (Å²) in [5, 5.41) is 3.28.